The van der Waals surface area contributed by atoms with Crippen molar-refractivity contribution in [3.05, 3.63) is 35.5 Å². The van der Waals surface area contributed by atoms with Crippen molar-refractivity contribution >= 4 is 10.9 Å². The van der Waals surface area contributed by atoms with Gasteiger partial charge in [-0.1, -0.05) is 52.3 Å². The molecule has 1 N–H and O–H groups in total. The van der Waals surface area contributed by atoms with Crippen LogP contribution in [0.15, 0.2) is 24.3 Å². The molecule has 1 heterocycles. The summed E-state index contributed by atoms with van der Waals surface area (Å²) in [4.78, 5) is 3.68. The Hall–Kier alpha value is -1.24. The van der Waals surface area contributed by atoms with Gasteiger partial charge in [-0.15, -0.1) is 0 Å². The first kappa shape index (κ1) is 14.2. The maximum Gasteiger partial charge on any atom is 0.0459 e. The molecule has 0 saturated carbocycles. The Morgan fingerprint density at radius 2 is 1.84 bits per heavy atom. The topological polar surface area (TPSA) is 15.8 Å². The highest BCUT2D eigenvalue weighted by molar-refractivity contribution is 5.84. The van der Waals surface area contributed by atoms with Gasteiger partial charge in [-0.25, -0.2) is 0 Å². The molecule has 1 unspecified atom stereocenters. The average Bonchev–Trinajstić information content (AvgIpc) is 2.74. The highest BCUT2D eigenvalue weighted by Gasteiger charge is 2.17. The maximum atomic E-state index is 3.68. The monoisotopic (exact) mass is 257 g/mol. The Bertz CT molecular complexity index is 521. The molecular weight excluding hydrogens is 230 g/mol. The van der Waals surface area contributed by atoms with Crippen molar-refractivity contribution in [3.8, 4) is 0 Å². The van der Waals surface area contributed by atoms with Gasteiger partial charge in [-0.3, -0.25) is 0 Å². The Morgan fingerprint density at radius 1 is 1.11 bits per heavy atom. The van der Waals surface area contributed by atoms with E-state index in [0.29, 0.717) is 5.92 Å². The molecule has 0 radical (unpaired) electrons. The van der Waals surface area contributed by atoms with Crippen LogP contribution in [0.25, 0.3) is 10.9 Å². The summed E-state index contributed by atoms with van der Waals surface area (Å²) in [5, 5.41) is 1.43. The van der Waals surface area contributed by atoms with Crippen LogP contribution >= 0.6 is 0 Å². The quantitative estimate of drug-likeness (QED) is 0.687. The zero-order valence-electron chi connectivity index (χ0n) is 12.8. The number of benzene rings is 1. The van der Waals surface area contributed by atoms with Crippen LogP contribution in [0.3, 0.4) is 0 Å². The van der Waals surface area contributed by atoms with Crippen LogP contribution in [0, 0.1) is 5.92 Å². The van der Waals surface area contributed by atoms with Crippen LogP contribution in [0.1, 0.15) is 64.1 Å². The number of para-hydroxylation sites is 1. The molecule has 0 aliphatic rings. The number of H-pyrrole nitrogens is 1. The number of aryl methyl sites for hydroxylation is 1. The summed E-state index contributed by atoms with van der Waals surface area (Å²) in [6.45, 7) is 9.25. The standard InChI is InChI=1S/C18H27N/c1-5-6-9-16-15-10-7-8-11-17(15)19-18(16)14(4)12-13(2)3/h7-8,10-11,13-14,19H,5-6,9,12H2,1-4H3. The van der Waals surface area contributed by atoms with Gasteiger partial charge >= 0.3 is 0 Å². The third kappa shape index (κ3) is 3.20. The zero-order valence-corrected chi connectivity index (χ0v) is 12.8. The lowest BCUT2D eigenvalue weighted by molar-refractivity contribution is 0.515. The largest absolute Gasteiger partial charge is 0.358 e. The number of rotatable bonds is 6. The van der Waals surface area contributed by atoms with Gasteiger partial charge in [0.2, 0.25) is 0 Å². The summed E-state index contributed by atoms with van der Waals surface area (Å²) in [7, 11) is 0. The van der Waals surface area contributed by atoms with Crippen molar-refractivity contribution in [1.29, 1.82) is 0 Å². The number of fused-ring (bicyclic) bond motifs is 1. The Morgan fingerprint density at radius 3 is 2.53 bits per heavy atom. The summed E-state index contributed by atoms with van der Waals surface area (Å²) in [5.41, 5.74) is 4.34. The van der Waals surface area contributed by atoms with Crippen LogP contribution in [0.4, 0.5) is 0 Å². The van der Waals surface area contributed by atoms with Gasteiger partial charge in [0.25, 0.3) is 0 Å². The van der Waals surface area contributed by atoms with Gasteiger partial charge in [0, 0.05) is 16.6 Å². The molecule has 104 valence electrons. The number of aromatic nitrogens is 1. The molecule has 1 aromatic carbocycles. The van der Waals surface area contributed by atoms with Crippen molar-refractivity contribution in [3.63, 3.8) is 0 Å². The maximum absolute atomic E-state index is 3.68. The second kappa shape index (κ2) is 6.27. The fourth-order valence-corrected chi connectivity index (χ4v) is 3.09. The lowest BCUT2D eigenvalue weighted by atomic mass is 9.91. The van der Waals surface area contributed by atoms with Crippen LogP contribution in [0.2, 0.25) is 0 Å². The molecule has 0 amide bonds. The number of unbranched alkanes of at least 4 members (excludes halogenated alkanes) is 1. The molecule has 0 aliphatic carbocycles. The van der Waals surface area contributed by atoms with E-state index in [0.717, 1.165) is 5.92 Å². The minimum absolute atomic E-state index is 0.624. The average molecular weight is 257 g/mol. The second-order valence-corrected chi connectivity index (χ2v) is 6.20. The van der Waals surface area contributed by atoms with Crippen molar-refractivity contribution in [2.75, 3.05) is 0 Å². The van der Waals surface area contributed by atoms with Gasteiger partial charge in [0.15, 0.2) is 0 Å². The molecule has 0 bridgehead atoms. The van der Waals surface area contributed by atoms with Crippen LogP contribution in [-0.2, 0) is 6.42 Å². The Labute approximate surface area is 117 Å². The smallest absolute Gasteiger partial charge is 0.0459 e. The molecule has 1 aromatic heterocycles. The summed E-state index contributed by atoms with van der Waals surface area (Å²) in [6.07, 6.45) is 5.00. The molecule has 0 aliphatic heterocycles. The highest BCUT2D eigenvalue weighted by Crippen LogP contribution is 2.32. The predicted molar refractivity (Wildman–Crippen MR) is 84.8 cm³/mol. The van der Waals surface area contributed by atoms with Crippen LogP contribution in [0.5, 0.6) is 0 Å². The molecule has 0 fully saturated rings. The van der Waals surface area contributed by atoms with Gasteiger partial charge in [-0.2, -0.15) is 0 Å². The van der Waals surface area contributed by atoms with Crippen LogP contribution in [-0.4, -0.2) is 4.98 Å². The molecule has 1 heteroatoms. The molecular formula is C18H27N. The molecule has 2 rings (SSSR count). The van der Waals surface area contributed by atoms with E-state index in [1.165, 1.54) is 42.3 Å². The van der Waals surface area contributed by atoms with E-state index in [4.69, 9.17) is 0 Å². The van der Waals surface area contributed by atoms with E-state index in [9.17, 15) is 0 Å². The molecule has 19 heavy (non-hydrogen) atoms. The lowest BCUT2D eigenvalue weighted by Crippen LogP contribution is -2.02. The second-order valence-electron chi connectivity index (χ2n) is 6.20. The molecule has 0 spiro atoms. The van der Waals surface area contributed by atoms with E-state index in [1.807, 2.05) is 0 Å². The van der Waals surface area contributed by atoms with Crippen LogP contribution < -0.4 is 0 Å². The van der Waals surface area contributed by atoms with E-state index in [2.05, 4.69) is 56.9 Å². The number of hydrogen-bond acceptors (Lipinski definition) is 0. The van der Waals surface area contributed by atoms with Crippen molar-refractivity contribution in [2.24, 2.45) is 5.92 Å². The summed E-state index contributed by atoms with van der Waals surface area (Å²) in [5.74, 6) is 1.37. The number of nitrogens with one attached hydrogen (secondary N) is 1. The first-order valence-electron chi connectivity index (χ1n) is 7.73. The van der Waals surface area contributed by atoms with Gasteiger partial charge in [-0.05, 0) is 42.7 Å². The highest BCUT2D eigenvalue weighted by atomic mass is 14.7. The summed E-state index contributed by atoms with van der Waals surface area (Å²) in [6, 6.07) is 8.75. The van der Waals surface area contributed by atoms with Crippen molar-refractivity contribution in [2.45, 2.75) is 59.3 Å². The summed E-state index contributed by atoms with van der Waals surface area (Å²) < 4.78 is 0. The molecule has 1 atom stereocenters. The van der Waals surface area contributed by atoms with Gasteiger partial charge < -0.3 is 4.98 Å². The minimum atomic E-state index is 0.624. The van der Waals surface area contributed by atoms with Crippen molar-refractivity contribution in [1.82, 2.24) is 4.98 Å². The molecule has 2 aromatic rings. The molecule has 1 nitrogen and oxygen atoms in total. The Kier molecular flexibility index (Phi) is 4.68. The SMILES string of the molecule is CCCCc1c(C(C)CC(C)C)[nH]c2ccccc12. The predicted octanol–water partition coefficient (Wildman–Crippen LogP) is 5.66. The van der Waals surface area contributed by atoms with Gasteiger partial charge in [0.1, 0.15) is 0 Å². The third-order valence-corrected chi connectivity index (χ3v) is 3.94. The summed E-state index contributed by atoms with van der Waals surface area (Å²) >= 11 is 0. The van der Waals surface area contributed by atoms with Gasteiger partial charge in [0.05, 0.1) is 0 Å². The first-order chi connectivity index (χ1) is 9.13. The van der Waals surface area contributed by atoms with E-state index in [1.54, 1.807) is 5.56 Å². The van der Waals surface area contributed by atoms with E-state index >= 15 is 0 Å². The normalized spacial score (nSPS) is 13.3. The fourth-order valence-electron chi connectivity index (χ4n) is 3.09. The minimum Gasteiger partial charge on any atom is -0.358 e. The number of aromatic amines is 1. The van der Waals surface area contributed by atoms with E-state index < -0.39 is 0 Å². The Balaban J connectivity index is 2.40. The fraction of sp³-hybridized carbons (Fsp3) is 0.556. The number of hydrogen-bond donors (Lipinski definition) is 1. The zero-order chi connectivity index (χ0) is 13.8. The lowest BCUT2D eigenvalue weighted by Gasteiger charge is -2.15. The third-order valence-electron chi connectivity index (χ3n) is 3.94. The first-order valence-corrected chi connectivity index (χ1v) is 7.73. The van der Waals surface area contributed by atoms with Crippen molar-refractivity contribution < 1.29 is 0 Å². The van der Waals surface area contributed by atoms with E-state index in [-0.39, 0.29) is 0 Å². The molecule has 0 saturated heterocycles.